The van der Waals surface area contributed by atoms with E-state index in [2.05, 4.69) is 176 Å². The van der Waals surface area contributed by atoms with Crippen LogP contribution in [-0.4, -0.2) is 15.0 Å². The third-order valence-corrected chi connectivity index (χ3v) is 10.5. The maximum absolute atomic E-state index is 6.97. The molecule has 260 valence electrons. The Kier molecular flexibility index (Phi) is 8.27. The molecule has 0 amide bonds. The van der Waals surface area contributed by atoms with Gasteiger partial charge in [-0.25, -0.2) is 15.0 Å². The van der Waals surface area contributed by atoms with E-state index in [0.29, 0.717) is 23.4 Å². The predicted octanol–water partition coefficient (Wildman–Crippen LogP) is 13.4. The Morgan fingerprint density at radius 3 is 1.75 bits per heavy atom. The van der Waals surface area contributed by atoms with E-state index in [9.17, 15) is 0 Å². The molecule has 0 spiro atoms. The van der Waals surface area contributed by atoms with Crippen LogP contribution in [0.1, 0.15) is 17.9 Å². The molecule has 7 aromatic carbocycles. The Balaban J connectivity index is 1.19. The number of para-hydroxylation sites is 1. The Morgan fingerprint density at radius 2 is 1.02 bits per heavy atom. The van der Waals surface area contributed by atoms with Gasteiger partial charge < -0.3 is 4.42 Å². The van der Waals surface area contributed by atoms with Gasteiger partial charge in [-0.15, -0.1) is 0 Å². The van der Waals surface area contributed by atoms with E-state index in [1.165, 1.54) is 5.56 Å². The van der Waals surface area contributed by atoms with Crippen LogP contribution in [0.15, 0.2) is 199 Å². The fraction of sp³-hybridized carbons (Fsp3) is 0.0392. The van der Waals surface area contributed by atoms with E-state index < -0.39 is 0 Å². The molecule has 0 fully saturated rings. The van der Waals surface area contributed by atoms with E-state index in [4.69, 9.17) is 19.4 Å². The lowest BCUT2D eigenvalue weighted by atomic mass is 9.91. The van der Waals surface area contributed by atoms with Crippen molar-refractivity contribution in [2.24, 2.45) is 0 Å². The summed E-state index contributed by atoms with van der Waals surface area (Å²) in [5, 5.41) is 2.11. The second-order valence-electron chi connectivity index (χ2n) is 13.9. The van der Waals surface area contributed by atoms with Gasteiger partial charge in [0.25, 0.3) is 0 Å². The minimum absolute atomic E-state index is 0.303. The molecule has 9 aromatic rings. The molecule has 1 aliphatic rings. The number of hydrogen-bond acceptors (Lipinski definition) is 4. The monoisotopic (exact) mass is 705 g/mol. The summed E-state index contributed by atoms with van der Waals surface area (Å²) in [6.07, 6.45) is 9.68. The third kappa shape index (κ3) is 6.14. The number of fused-ring (bicyclic) bond motifs is 3. The minimum atomic E-state index is 0.303. The highest BCUT2D eigenvalue weighted by Crippen LogP contribution is 2.44. The van der Waals surface area contributed by atoms with Crippen molar-refractivity contribution in [3.63, 3.8) is 0 Å². The molecular formula is C51H35N3O. The second-order valence-corrected chi connectivity index (χ2v) is 13.9. The van der Waals surface area contributed by atoms with Crippen LogP contribution in [0.2, 0.25) is 0 Å². The van der Waals surface area contributed by atoms with Crippen LogP contribution in [0.4, 0.5) is 0 Å². The highest BCUT2D eigenvalue weighted by molar-refractivity contribution is 6.15. The molecule has 0 N–H and O–H groups in total. The van der Waals surface area contributed by atoms with E-state index in [1.54, 1.807) is 0 Å². The third-order valence-electron chi connectivity index (χ3n) is 10.5. The molecule has 0 aliphatic heterocycles. The number of rotatable bonds is 7. The molecule has 1 aliphatic carbocycles. The molecular weight excluding hydrogens is 671 g/mol. The Bertz CT molecular complexity index is 2870. The second kappa shape index (κ2) is 14.0. The van der Waals surface area contributed by atoms with E-state index >= 15 is 0 Å². The molecule has 0 saturated heterocycles. The van der Waals surface area contributed by atoms with Gasteiger partial charge in [-0.2, -0.15) is 0 Å². The first-order valence-corrected chi connectivity index (χ1v) is 18.7. The first-order chi connectivity index (χ1) is 27.3. The van der Waals surface area contributed by atoms with Gasteiger partial charge in [0, 0.05) is 44.5 Å². The standard InChI is InChI=1S/C51H35N3O/c1-5-15-34(16-6-1)36-27-29-39(30-28-36)49-52-50(41-24-13-23-40(33-41)35-17-7-2-8-18-35)54-51(53-49)45-32-31-44-43-26-14-25-42(37-19-9-3-10-20-37)47(43)55-48(44)46(45)38-21-11-4-12-22-38/h1-17,19-33,35H,18H2. The minimum Gasteiger partial charge on any atom is -0.455 e. The first kappa shape index (κ1) is 32.5. The fourth-order valence-electron chi connectivity index (χ4n) is 7.72. The summed E-state index contributed by atoms with van der Waals surface area (Å²) in [6.45, 7) is 0. The average Bonchev–Trinajstić information content (AvgIpc) is 3.66. The van der Waals surface area contributed by atoms with E-state index in [1.807, 2.05) is 18.2 Å². The van der Waals surface area contributed by atoms with Gasteiger partial charge in [0.2, 0.25) is 0 Å². The maximum atomic E-state index is 6.97. The van der Waals surface area contributed by atoms with Gasteiger partial charge in [-0.1, -0.05) is 176 Å². The van der Waals surface area contributed by atoms with Crippen molar-refractivity contribution in [1.29, 1.82) is 0 Å². The molecule has 0 bridgehead atoms. The number of hydrogen-bond donors (Lipinski definition) is 0. The number of aromatic nitrogens is 3. The summed E-state index contributed by atoms with van der Waals surface area (Å²) in [4.78, 5) is 15.7. The highest BCUT2D eigenvalue weighted by Gasteiger charge is 2.22. The molecule has 55 heavy (non-hydrogen) atoms. The van der Waals surface area contributed by atoms with Crippen LogP contribution in [0, 0.1) is 0 Å². The zero-order valence-electron chi connectivity index (χ0n) is 30.0. The van der Waals surface area contributed by atoms with E-state index in [-0.39, 0.29) is 0 Å². The number of nitrogens with zero attached hydrogens (tertiary/aromatic N) is 3. The maximum Gasteiger partial charge on any atom is 0.164 e. The van der Waals surface area contributed by atoms with Gasteiger partial charge in [-0.3, -0.25) is 0 Å². The molecule has 4 nitrogen and oxygen atoms in total. The van der Waals surface area contributed by atoms with Gasteiger partial charge >= 0.3 is 0 Å². The van der Waals surface area contributed by atoms with Crippen molar-refractivity contribution >= 4 is 21.9 Å². The lowest BCUT2D eigenvalue weighted by molar-refractivity contribution is 0.671. The van der Waals surface area contributed by atoms with Crippen LogP contribution < -0.4 is 0 Å². The van der Waals surface area contributed by atoms with Crippen molar-refractivity contribution in [3.8, 4) is 67.5 Å². The van der Waals surface area contributed by atoms with Crippen LogP contribution in [0.25, 0.3) is 89.5 Å². The summed E-state index contributed by atoms with van der Waals surface area (Å²) in [6, 6.07) is 59.0. The normalized spacial score (nSPS) is 13.8. The largest absolute Gasteiger partial charge is 0.455 e. The molecule has 0 radical (unpaired) electrons. The summed E-state index contributed by atoms with van der Waals surface area (Å²) in [7, 11) is 0. The van der Waals surface area contributed by atoms with Crippen molar-refractivity contribution in [2.45, 2.75) is 12.3 Å². The fourth-order valence-corrected chi connectivity index (χ4v) is 7.72. The summed E-state index contributed by atoms with van der Waals surface area (Å²) in [5.74, 6) is 2.12. The Labute approximate surface area is 319 Å². The van der Waals surface area contributed by atoms with Crippen molar-refractivity contribution in [3.05, 3.63) is 200 Å². The topological polar surface area (TPSA) is 51.8 Å². The molecule has 2 aromatic heterocycles. The van der Waals surface area contributed by atoms with Crippen LogP contribution in [-0.2, 0) is 0 Å². The summed E-state index contributed by atoms with van der Waals surface area (Å²) >= 11 is 0. The summed E-state index contributed by atoms with van der Waals surface area (Å²) in [5.41, 5.74) is 12.1. The Hall–Kier alpha value is -7.17. The SMILES string of the molecule is C1=CCC(c2cccc(-c3nc(-c4ccc(-c5ccccc5)cc4)nc(-c4ccc5c(oc6c(-c7ccccc7)cccc65)c4-c4ccccc4)n3)c2)C=C1. The highest BCUT2D eigenvalue weighted by atomic mass is 16.3. The molecule has 4 heteroatoms. The van der Waals surface area contributed by atoms with Crippen LogP contribution in [0.5, 0.6) is 0 Å². The smallest absolute Gasteiger partial charge is 0.164 e. The van der Waals surface area contributed by atoms with Gasteiger partial charge in [0.1, 0.15) is 11.2 Å². The van der Waals surface area contributed by atoms with Crippen LogP contribution >= 0.6 is 0 Å². The molecule has 10 rings (SSSR count). The molecule has 1 unspecified atom stereocenters. The van der Waals surface area contributed by atoms with Gasteiger partial charge in [0.05, 0.1) is 0 Å². The number of benzene rings is 7. The lowest BCUT2D eigenvalue weighted by Gasteiger charge is -2.15. The zero-order valence-corrected chi connectivity index (χ0v) is 30.0. The molecule has 2 heterocycles. The number of allylic oxidation sites excluding steroid dienone is 4. The predicted molar refractivity (Wildman–Crippen MR) is 225 cm³/mol. The quantitative estimate of drug-likeness (QED) is 0.166. The van der Waals surface area contributed by atoms with Gasteiger partial charge in [-0.05, 0) is 52.4 Å². The lowest BCUT2D eigenvalue weighted by Crippen LogP contribution is -2.02. The van der Waals surface area contributed by atoms with Crippen molar-refractivity contribution in [1.82, 2.24) is 15.0 Å². The first-order valence-electron chi connectivity index (χ1n) is 18.7. The molecule has 0 saturated carbocycles. The van der Waals surface area contributed by atoms with Gasteiger partial charge in [0.15, 0.2) is 17.5 Å². The molecule has 1 atom stereocenters. The van der Waals surface area contributed by atoms with Crippen LogP contribution in [0.3, 0.4) is 0 Å². The van der Waals surface area contributed by atoms with E-state index in [0.717, 1.165) is 78.4 Å². The summed E-state index contributed by atoms with van der Waals surface area (Å²) < 4.78 is 6.97. The number of furan rings is 1. The van der Waals surface area contributed by atoms with Crippen molar-refractivity contribution < 1.29 is 4.42 Å². The average molecular weight is 706 g/mol. The van der Waals surface area contributed by atoms with Crippen molar-refractivity contribution in [2.75, 3.05) is 0 Å². The Morgan fingerprint density at radius 1 is 0.418 bits per heavy atom. The zero-order chi connectivity index (χ0) is 36.6.